The van der Waals surface area contributed by atoms with Crippen LogP contribution in [0.15, 0.2) is 0 Å². The molecule has 12 heavy (non-hydrogen) atoms. The molecule has 70 valence electrons. The molecule has 1 saturated heterocycles. The molecule has 0 radical (unpaired) electrons. The third-order valence-corrected chi connectivity index (χ3v) is 1.38. The monoisotopic (exact) mass is 185 g/mol. The first-order valence-corrected chi connectivity index (χ1v) is 3.08. The smallest absolute Gasteiger partial charge is 0.428 e. The number of carbonyl (C=O) groups is 1. The Kier molecular flexibility index (Phi) is 2.25. The van der Waals surface area contributed by atoms with Crippen molar-refractivity contribution in [3.8, 4) is 0 Å². The molecule has 0 spiro atoms. The van der Waals surface area contributed by atoms with Crippen molar-refractivity contribution in [3.63, 3.8) is 0 Å². The summed E-state index contributed by atoms with van der Waals surface area (Å²) in [4.78, 5) is 10.2. The average Bonchev–Trinajstić information content (AvgIpc) is 2.30. The lowest BCUT2D eigenvalue weighted by atomic mass is 10.3. The number of nitrogens with one attached hydrogen (secondary N) is 1. The van der Waals surface area contributed by atoms with Gasteiger partial charge in [-0.25, -0.2) is 0 Å². The summed E-state index contributed by atoms with van der Waals surface area (Å²) in [5, 5.41) is 10.1. The summed E-state index contributed by atoms with van der Waals surface area (Å²) >= 11 is 0. The summed E-state index contributed by atoms with van der Waals surface area (Å²) in [5.74, 6) is -1.35. The SMILES string of the molecule is O=C(O)C1COC(C(F)(F)F)N1. The molecule has 0 aromatic carbocycles. The van der Waals surface area contributed by atoms with E-state index in [2.05, 4.69) is 4.74 Å². The van der Waals surface area contributed by atoms with E-state index in [1.54, 1.807) is 5.32 Å². The first-order chi connectivity index (χ1) is 5.41. The largest absolute Gasteiger partial charge is 0.480 e. The molecule has 0 aromatic rings. The molecule has 0 saturated carbocycles. The fourth-order valence-corrected chi connectivity index (χ4v) is 0.803. The zero-order valence-corrected chi connectivity index (χ0v) is 5.76. The van der Waals surface area contributed by atoms with Gasteiger partial charge in [0.25, 0.3) is 0 Å². The number of alkyl halides is 3. The van der Waals surface area contributed by atoms with E-state index in [0.717, 1.165) is 0 Å². The Morgan fingerprint density at radius 2 is 2.17 bits per heavy atom. The van der Waals surface area contributed by atoms with Crippen molar-refractivity contribution in [3.05, 3.63) is 0 Å². The van der Waals surface area contributed by atoms with Gasteiger partial charge in [-0.15, -0.1) is 0 Å². The number of halogens is 3. The number of carboxylic acids is 1. The molecule has 1 fully saturated rings. The Bertz CT molecular complexity index is 193. The first kappa shape index (κ1) is 9.27. The number of carboxylic acid groups (broad SMARTS) is 1. The zero-order chi connectivity index (χ0) is 9.35. The quantitative estimate of drug-likeness (QED) is 0.601. The molecular weight excluding hydrogens is 179 g/mol. The predicted octanol–water partition coefficient (Wildman–Crippen LogP) is -0.0522. The molecule has 0 aromatic heterocycles. The summed E-state index contributed by atoms with van der Waals surface area (Å²) in [7, 11) is 0. The highest BCUT2D eigenvalue weighted by molar-refractivity contribution is 5.73. The molecule has 4 nitrogen and oxygen atoms in total. The number of rotatable bonds is 1. The van der Waals surface area contributed by atoms with E-state index in [-0.39, 0.29) is 0 Å². The summed E-state index contributed by atoms with van der Waals surface area (Å²) in [6.07, 6.45) is -6.71. The van der Waals surface area contributed by atoms with Crippen LogP contribution in [0.4, 0.5) is 13.2 Å². The summed E-state index contributed by atoms with van der Waals surface area (Å²) in [5.41, 5.74) is 0. The minimum atomic E-state index is -4.55. The Balaban J connectivity index is 2.51. The lowest BCUT2D eigenvalue weighted by Crippen LogP contribution is -2.44. The molecule has 1 heterocycles. The van der Waals surface area contributed by atoms with E-state index in [1.807, 2.05) is 0 Å². The minimum absolute atomic E-state index is 0.459. The van der Waals surface area contributed by atoms with Gasteiger partial charge in [0.05, 0.1) is 6.61 Å². The van der Waals surface area contributed by atoms with Gasteiger partial charge in [0.2, 0.25) is 6.23 Å². The van der Waals surface area contributed by atoms with Crippen LogP contribution in [0, 0.1) is 0 Å². The van der Waals surface area contributed by atoms with Crippen LogP contribution in [0.1, 0.15) is 0 Å². The van der Waals surface area contributed by atoms with Crippen molar-refractivity contribution in [1.82, 2.24) is 5.32 Å². The van der Waals surface area contributed by atoms with Gasteiger partial charge in [-0.2, -0.15) is 13.2 Å². The third kappa shape index (κ3) is 1.86. The maximum Gasteiger partial charge on any atom is 0.428 e. The summed E-state index contributed by atoms with van der Waals surface area (Å²) in [6.45, 7) is -0.459. The Morgan fingerprint density at radius 1 is 1.58 bits per heavy atom. The first-order valence-electron chi connectivity index (χ1n) is 3.08. The van der Waals surface area contributed by atoms with Gasteiger partial charge >= 0.3 is 12.1 Å². The molecule has 1 aliphatic heterocycles. The maximum atomic E-state index is 11.8. The van der Waals surface area contributed by atoms with Crippen molar-refractivity contribution in [2.75, 3.05) is 6.61 Å². The molecule has 2 unspecified atom stereocenters. The van der Waals surface area contributed by atoms with Gasteiger partial charge in [0.1, 0.15) is 6.04 Å². The maximum absolute atomic E-state index is 11.8. The van der Waals surface area contributed by atoms with Gasteiger partial charge in [-0.3, -0.25) is 10.1 Å². The Morgan fingerprint density at radius 3 is 2.42 bits per heavy atom. The van der Waals surface area contributed by atoms with E-state index in [0.29, 0.717) is 0 Å². The average molecular weight is 185 g/mol. The highest BCUT2D eigenvalue weighted by Gasteiger charge is 2.47. The van der Waals surface area contributed by atoms with Gasteiger partial charge in [0.15, 0.2) is 0 Å². The molecule has 0 bridgehead atoms. The fourth-order valence-electron chi connectivity index (χ4n) is 0.803. The second-order valence-corrected chi connectivity index (χ2v) is 2.31. The number of hydrogen-bond acceptors (Lipinski definition) is 3. The second kappa shape index (κ2) is 2.91. The molecule has 7 heteroatoms. The molecule has 0 amide bonds. The number of hydrogen-bond donors (Lipinski definition) is 2. The van der Waals surface area contributed by atoms with Crippen LogP contribution in [-0.4, -0.2) is 36.1 Å². The zero-order valence-electron chi connectivity index (χ0n) is 5.76. The van der Waals surface area contributed by atoms with Gasteiger partial charge in [0, 0.05) is 0 Å². The predicted molar refractivity (Wildman–Crippen MR) is 30.4 cm³/mol. The van der Waals surface area contributed by atoms with E-state index in [4.69, 9.17) is 5.11 Å². The van der Waals surface area contributed by atoms with E-state index in [9.17, 15) is 18.0 Å². The van der Waals surface area contributed by atoms with Crippen LogP contribution < -0.4 is 5.32 Å². The van der Waals surface area contributed by atoms with Crippen molar-refractivity contribution < 1.29 is 27.8 Å². The van der Waals surface area contributed by atoms with Crippen LogP contribution in [0.2, 0.25) is 0 Å². The van der Waals surface area contributed by atoms with E-state index >= 15 is 0 Å². The molecule has 0 aliphatic carbocycles. The van der Waals surface area contributed by atoms with Crippen LogP contribution in [0.3, 0.4) is 0 Å². The van der Waals surface area contributed by atoms with Crippen LogP contribution in [0.25, 0.3) is 0 Å². The standard InChI is InChI=1S/C5H6F3NO3/c6-5(7,8)4-9-2(1-12-4)3(10)11/h2,4,9H,1H2,(H,10,11). The van der Waals surface area contributed by atoms with Crippen LogP contribution in [-0.2, 0) is 9.53 Å². The molecular formula is C5H6F3NO3. The topological polar surface area (TPSA) is 58.6 Å². The van der Waals surface area contributed by atoms with Crippen LogP contribution in [0.5, 0.6) is 0 Å². The third-order valence-electron chi connectivity index (χ3n) is 1.38. The van der Waals surface area contributed by atoms with Crippen molar-refractivity contribution >= 4 is 5.97 Å². The number of ether oxygens (including phenoxy) is 1. The molecule has 1 aliphatic rings. The summed E-state index contributed by atoms with van der Waals surface area (Å²) < 4.78 is 39.6. The fraction of sp³-hybridized carbons (Fsp3) is 0.800. The van der Waals surface area contributed by atoms with Crippen molar-refractivity contribution in [2.24, 2.45) is 0 Å². The molecule has 2 atom stereocenters. The normalized spacial score (nSPS) is 30.6. The Labute approximate surface area is 65.3 Å². The summed E-state index contributed by atoms with van der Waals surface area (Å²) in [6, 6.07) is -1.27. The molecule has 1 rings (SSSR count). The van der Waals surface area contributed by atoms with Crippen molar-refractivity contribution in [1.29, 1.82) is 0 Å². The number of aliphatic carboxylic acids is 1. The highest BCUT2D eigenvalue weighted by atomic mass is 19.4. The van der Waals surface area contributed by atoms with Gasteiger partial charge in [-0.1, -0.05) is 0 Å². The van der Waals surface area contributed by atoms with Gasteiger partial charge < -0.3 is 9.84 Å². The van der Waals surface area contributed by atoms with Gasteiger partial charge in [-0.05, 0) is 0 Å². The highest BCUT2D eigenvalue weighted by Crippen LogP contribution is 2.24. The van der Waals surface area contributed by atoms with Crippen molar-refractivity contribution in [2.45, 2.75) is 18.4 Å². The lowest BCUT2D eigenvalue weighted by molar-refractivity contribution is -0.212. The lowest BCUT2D eigenvalue weighted by Gasteiger charge is -2.13. The van der Waals surface area contributed by atoms with Crippen LogP contribution >= 0.6 is 0 Å². The molecule has 2 N–H and O–H groups in total. The second-order valence-electron chi connectivity index (χ2n) is 2.31. The van der Waals surface area contributed by atoms with E-state index < -0.39 is 31.0 Å². The Hall–Kier alpha value is -0.820. The minimum Gasteiger partial charge on any atom is -0.480 e. The van der Waals surface area contributed by atoms with E-state index in [1.165, 1.54) is 0 Å².